The van der Waals surface area contributed by atoms with E-state index in [4.69, 9.17) is 13.8 Å². The fraction of sp³-hybridized carbons (Fsp3) is 0.971. The van der Waals surface area contributed by atoms with Crippen molar-refractivity contribution in [3.8, 4) is 0 Å². The zero-order chi connectivity index (χ0) is 32.3. The lowest BCUT2D eigenvalue weighted by Gasteiger charge is -2.61. The number of ether oxygens (including phenoxy) is 1. The number of alkyl carbamates (subject to hydrolysis) is 1. The Bertz CT molecular complexity index is 1000. The molecule has 0 aromatic carbocycles. The summed E-state index contributed by atoms with van der Waals surface area (Å²) in [6.07, 6.45) is 14.9. The molecule has 4 rings (SSSR count). The normalized spacial score (nSPS) is 37.4. The van der Waals surface area contributed by atoms with Crippen LogP contribution in [0.5, 0.6) is 0 Å². The Kier molecular flexibility index (Phi) is 12.0. The van der Waals surface area contributed by atoms with Crippen LogP contribution in [0, 0.1) is 52.3 Å². The van der Waals surface area contributed by atoms with Gasteiger partial charge in [0.15, 0.2) is 0 Å². The molecular formula is C35H66N2O6P+. The van der Waals surface area contributed by atoms with Crippen molar-refractivity contribution in [3.05, 3.63) is 0 Å². The quantitative estimate of drug-likeness (QED) is 0.113. The van der Waals surface area contributed by atoms with Crippen molar-refractivity contribution in [2.45, 2.75) is 118 Å². The zero-order valence-corrected chi connectivity index (χ0v) is 30.2. The van der Waals surface area contributed by atoms with Crippen molar-refractivity contribution in [1.82, 2.24) is 5.32 Å². The molecule has 4 aliphatic rings. The van der Waals surface area contributed by atoms with Gasteiger partial charge in [-0.1, -0.05) is 53.9 Å². The fourth-order valence-corrected chi connectivity index (χ4v) is 11.0. The van der Waals surface area contributed by atoms with Crippen LogP contribution in [0.3, 0.4) is 0 Å². The molecule has 0 saturated heterocycles. The Hall–Kier alpha value is -0.660. The van der Waals surface area contributed by atoms with E-state index < -0.39 is 13.9 Å². The van der Waals surface area contributed by atoms with Gasteiger partial charge in [0, 0.05) is 6.54 Å². The third-order valence-electron chi connectivity index (χ3n) is 12.7. The summed E-state index contributed by atoms with van der Waals surface area (Å²) in [7, 11) is 1.79. The molecule has 8 nitrogen and oxygen atoms in total. The largest absolute Gasteiger partial charge is 0.472 e. The van der Waals surface area contributed by atoms with Crippen LogP contribution in [-0.4, -0.2) is 69.0 Å². The number of rotatable bonds is 14. The smallest absolute Gasteiger partial charge is 0.446 e. The van der Waals surface area contributed by atoms with E-state index in [-0.39, 0.29) is 25.9 Å². The maximum atomic E-state index is 12.6. The standard InChI is InChI=1S/C35H65N2O6P/c1-25(2)10-9-11-26(3)30-14-15-31-29-13-12-27-24-28(16-18-34(27,4)32(29)17-19-35(30,31)5)43-33(38)36-20-22-41-44(39,40)42-23-21-37(6,7)8/h25-32H,9-24H2,1-8H3,(H-,36,38,39,40)/p+1/t26-,27-,28-,29+,30-,31+,32+,34+,35-/m1/s1. The molecule has 2 N–H and O–H groups in total. The highest BCUT2D eigenvalue weighted by Gasteiger charge is 2.60. The first-order chi connectivity index (χ1) is 20.5. The van der Waals surface area contributed by atoms with Gasteiger partial charge in [0.05, 0.1) is 27.7 Å². The topological polar surface area (TPSA) is 94.1 Å². The zero-order valence-electron chi connectivity index (χ0n) is 29.3. The molecule has 0 heterocycles. The van der Waals surface area contributed by atoms with Crippen LogP contribution in [0.1, 0.15) is 112 Å². The number of fused-ring (bicyclic) bond motifs is 5. The number of hydrogen-bond donors (Lipinski definition) is 2. The van der Waals surface area contributed by atoms with Crippen molar-refractivity contribution >= 4 is 13.9 Å². The molecule has 0 aromatic rings. The summed E-state index contributed by atoms with van der Waals surface area (Å²) in [6, 6.07) is 0. The summed E-state index contributed by atoms with van der Waals surface area (Å²) in [5.41, 5.74) is 0.870. The molecule has 9 heteroatoms. The molecule has 1 amide bonds. The van der Waals surface area contributed by atoms with Gasteiger partial charge >= 0.3 is 13.9 Å². The number of likely N-dealkylation sites (N-methyl/N-ethyl adjacent to an activating group) is 1. The summed E-state index contributed by atoms with van der Waals surface area (Å²) >= 11 is 0. The number of hydrogen-bond acceptors (Lipinski definition) is 5. The monoisotopic (exact) mass is 641 g/mol. The van der Waals surface area contributed by atoms with E-state index >= 15 is 0 Å². The maximum Gasteiger partial charge on any atom is 0.472 e. The molecule has 44 heavy (non-hydrogen) atoms. The van der Waals surface area contributed by atoms with Crippen molar-refractivity contribution < 1.29 is 32.5 Å². The highest BCUT2D eigenvalue weighted by molar-refractivity contribution is 7.47. The minimum absolute atomic E-state index is 0.0650. The summed E-state index contributed by atoms with van der Waals surface area (Å²) in [5.74, 6) is 5.71. The predicted molar refractivity (Wildman–Crippen MR) is 176 cm³/mol. The van der Waals surface area contributed by atoms with E-state index in [9.17, 15) is 14.3 Å². The molecule has 1 unspecified atom stereocenters. The molecule has 256 valence electrons. The van der Waals surface area contributed by atoms with Gasteiger partial charge in [0.1, 0.15) is 19.3 Å². The number of quaternary nitrogens is 1. The van der Waals surface area contributed by atoms with Gasteiger partial charge in [-0.15, -0.1) is 0 Å². The van der Waals surface area contributed by atoms with Crippen LogP contribution in [0.15, 0.2) is 0 Å². The first-order valence-corrected chi connectivity index (χ1v) is 19.4. The molecule has 10 atom stereocenters. The Balaban J connectivity index is 1.22. The van der Waals surface area contributed by atoms with Crippen molar-refractivity contribution in [1.29, 1.82) is 0 Å². The lowest BCUT2D eigenvalue weighted by Crippen LogP contribution is -2.54. The molecule has 0 aromatic heterocycles. The first-order valence-electron chi connectivity index (χ1n) is 17.9. The van der Waals surface area contributed by atoms with E-state index in [0.717, 1.165) is 54.8 Å². The second-order valence-electron chi connectivity index (χ2n) is 17.1. The number of nitrogens with zero attached hydrogens (tertiary/aromatic N) is 1. The number of phosphoric acid groups is 1. The van der Waals surface area contributed by atoms with Gasteiger partial charge in [-0.2, -0.15) is 0 Å². The Morgan fingerprint density at radius 2 is 1.61 bits per heavy atom. The van der Waals surface area contributed by atoms with Crippen LogP contribution >= 0.6 is 7.82 Å². The molecule has 4 aliphatic carbocycles. The van der Waals surface area contributed by atoms with Crippen LogP contribution in [0.4, 0.5) is 4.79 Å². The van der Waals surface area contributed by atoms with Crippen molar-refractivity contribution in [2.75, 3.05) is 47.4 Å². The highest BCUT2D eigenvalue weighted by atomic mass is 31.2. The molecule has 0 bridgehead atoms. The van der Waals surface area contributed by atoms with E-state index in [2.05, 4.69) is 39.9 Å². The van der Waals surface area contributed by atoms with E-state index in [1.165, 1.54) is 57.8 Å². The second kappa shape index (κ2) is 14.6. The van der Waals surface area contributed by atoms with E-state index in [1.807, 2.05) is 21.1 Å². The van der Waals surface area contributed by atoms with Gasteiger partial charge in [0.25, 0.3) is 0 Å². The number of carbonyl (C=O) groups excluding carboxylic acids is 1. The van der Waals surface area contributed by atoms with Crippen LogP contribution in [0.2, 0.25) is 0 Å². The number of amides is 1. The lowest BCUT2D eigenvalue weighted by molar-refractivity contribution is -0.870. The Labute approximate surface area is 268 Å². The van der Waals surface area contributed by atoms with Gasteiger partial charge in [-0.05, 0) is 110 Å². The first kappa shape index (κ1) is 36.2. The van der Waals surface area contributed by atoms with Gasteiger partial charge in [-0.25, -0.2) is 9.36 Å². The predicted octanol–water partition coefficient (Wildman–Crippen LogP) is 8.04. The SMILES string of the molecule is CC(C)CCC[C@@H](C)[C@H]1CC[C@H]2[C@@H]3CC[C@@H]4C[C@H](OC(=O)NCCOP(=O)(O)OCC[N+](C)(C)C)CC[C@]4(C)[C@H]3CC[C@]12C. The molecule has 0 aliphatic heterocycles. The second-order valence-corrected chi connectivity index (χ2v) is 18.5. The molecule has 4 fully saturated rings. The summed E-state index contributed by atoms with van der Waals surface area (Å²) in [5, 5.41) is 2.69. The summed E-state index contributed by atoms with van der Waals surface area (Å²) in [6.45, 7) is 13.2. The third kappa shape index (κ3) is 8.82. The molecule has 0 spiro atoms. The van der Waals surface area contributed by atoms with Crippen LogP contribution in [-0.2, 0) is 18.3 Å². The average Bonchev–Trinajstić information content (AvgIpc) is 3.27. The van der Waals surface area contributed by atoms with Gasteiger partial charge < -0.3 is 19.4 Å². The molecule has 0 radical (unpaired) electrons. The van der Waals surface area contributed by atoms with Gasteiger partial charge in [0.2, 0.25) is 0 Å². The minimum atomic E-state index is -4.14. The number of carbonyl (C=O) groups is 1. The average molecular weight is 642 g/mol. The number of phosphoric ester groups is 1. The highest BCUT2D eigenvalue weighted by Crippen LogP contribution is 2.68. The van der Waals surface area contributed by atoms with Crippen molar-refractivity contribution in [3.63, 3.8) is 0 Å². The maximum absolute atomic E-state index is 12.6. The van der Waals surface area contributed by atoms with Crippen molar-refractivity contribution in [2.24, 2.45) is 52.3 Å². The van der Waals surface area contributed by atoms with Gasteiger partial charge in [-0.3, -0.25) is 9.05 Å². The van der Waals surface area contributed by atoms with Crippen LogP contribution in [0.25, 0.3) is 0 Å². The fourth-order valence-electron chi connectivity index (χ4n) is 10.3. The van der Waals surface area contributed by atoms with E-state index in [0.29, 0.717) is 27.8 Å². The molecular weight excluding hydrogens is 575 g/mol. The Morgan fingerprint density at radius 1 is 0.932 bits per heavy atom. The van der Waals surface area contributed by atoms with E-state index in [1.54, 1.807) is 0 Å². The summed E-state index contributed by atoms with van der Waals surface area (Å²) < 4.78 is 28.6. The number of nitrogens with one attached hydrogen (secondary N) is 1. The lowest BCUT2D eigenvalue weighted by atomic mass is 9.44. The third-order valence-corrected chi connectivity index (χ3v) is 13.8. The Morgan fingerprint density at radius 3 is 2.32 bits per heavy atom. The molecule has 4 saturated carbocycles. The minimum Gasteiger partial charge on any atom is -0.446 e. The van der Waals surface area contributed by atoms with Crippen LogP contribution < -0.4 is 5.32 Å². The summed E-state index contributed by atoms with van der Waals surface area (Å²) in [4.78, 5) is 22.4.